The number of H-pyrrole nitrogens is 1. The van der Waals surface area contributed by atoms with E-state index in [1.54, 1.807) is 25.2 Å². The minimum atomic E-state index is -4.43. The molecule has 13 heteroatoms. The van der Waals surface area contributed by atoms with Gasteiger partial charge < -0.3 is 21.1 Å². The second-order valence-electron chi connectivity index (χ2n) is 8.32. The molecule has 2 aromatic heterocycles. The van der Waals surface area contributed by atoms with Crippen LogP contribution in [0.2, 0.25) is 0 Å². The summed E-state index contributed by atoms with van der Waals surface area (Å²) in [6.45, 7) is -1.33. The lowest BCUT2D eigenvalue weighted by Gasteiger charge is -2.13. The average Bonchev–Trinajstić information content (AvgIpc) is 3.39. The van der Waals surface area contributed by atoms with Crippen LogP contribution in [-0.2, 0) is 25.6 Å². The summed E-state index contributed by atoms with van der Waals surface area (Å²) >= 11 is 0.938. The van der Waals surface area contributed by atoms with E-state index in [1.807, 2.05) is 0 Å². The molecule has 0 amide bonds. The smallest absolute Gasteiger partial charge is 0.390 e. The van der Waals surface area contributed by atoms with Gasteiger partial charge in [-0.25, -0.2) is 9.78 Å². The van der Waals surface area contributed by atoms with Crippen LogP contribution in [0.1, 0.15) is 16.8 Å². The van der Waals surface area contributed by atoms with E-state index in [4.69, 9.17) is 5.73 Å². The molecule has 192 valence electrons. The number of benzene rings is 2. The van der Waals surface area contributed by atoms with Gasteiger partial charge in [-0.2, -0.15) is 22.0 Å². The largest absolute Gasteiger partial charge is 0.416 e. The second kappa shape index (κ2) is 9.64. The van der Waals surface area contributed by atoms with Crippen LogP contribution in [0.4, 0.5) is 27.1 Å². The van der Waals surface area contributed by atoms with Crippen molar-refractivity contribution in [3.63, 3.8) is 0 Å². The highest BCUT2D eigenvalue weighted by atomic mass is 32.1. The summed E-state index contributed by atoms with van der Waals surface area (Å²) in [5.74, 6) is -3.62. The summed E-state index contributed by atoms with van der Waals surface area (Å²) in [7, 11) is 1.55. The normalized spacial score (nSPS) is 13.3. The first-order chi connectivity index (χ1) is 16.9. The molecule has 0 bridgehead atoms. The van der Waals surface area contributed by atoms with Crippen molar-refractivity contribution < 1.29 is 27.1 Å². The summed E-state index contributed by atoms with van der Waals surface area (Å²) in [5.41, 5.74) is 6.40. The predicted octanol–water partition coefficient (Wildman–Crippen LogP) is 4.07. The highest BCUT2D eigenvalue weighted by Gasteiger charge is 2.37. The van der Waals surface area contributed by atoms with E-state index in [-0.39, 0.29) is 28.7 Å². The number of hydrogen-bond donors (Lipinski definition) is 4. The van der Waals surface area contributed by atoms with E-state index in [9.17, 15) is 31.9 Å². The molecule has 0 saturated heterocycles. The Kier molecular flexibility index (Phi) is 6.90. The van der Waals surface area contributed by atoms with Crippen LogP contribution in [0.5, 0.6) is 0 Å². The van der Waals surface area contributed by atoms with Crippen molar-refractivity contribution in [3.05, 3.63) is 69.8 Å². The molecule has 0 unspecified atom stereocenters. The third-order valence-corrected chi connectivity index (χ3v) is 6.70. The minimum absolute atomic E-state index is 0.114. The standard InChI is InChI=1S/C23H22F5N5O2S/c1-33-17-9-13(4-7-16(17)31-21(33)35)18-19(22(24,25)11-34)32-20(36-18)30-10-15(29)8-12-2-5-14(6-3-12)23(26,27)28/h2-7,9,15,34H,8,10-11,29H2,1H3,(H,30,32)(H,31,35)/t15-/m0/s1. The fraction of sp³-hybridized carbons (Fsp3) is 0.304. The van der Waals surface area contributed by atoms with Gasteiger partial charge in [-0.1, -0.05) is 29.5 Å². The van der Waals surface area contributed by atoms with Crippen LogP contribution in [0.25, 0.3) is 21.5 Å². The van der Waals surface area contributed by atoms with Gasteiger partial charge in [0.25, 0.3) is 0 Å². The van der Waals surface area contributed by atoms with Gasteiger partial charge in [0.15, 0.2) is 5.13 Å². The zero-order chi connectivity index (χ0) is 26.3. The summed E-state index contributed by atoms with van der Waals surface area (Å²) in [6.07, 6.45) is -4.18. The Bertz CT molecular complexity index is 1430. The Morgan fingerprint density at radius 2 is 1.86 bits per heavy atom. The maximum atomic E-state index is 14.5. The van der Waals surface area contributed by atoms with Crippen LogP contribution in [0.15, 0.2) is 47.3 Å². The monoisotopic (exact) mass is 527 g/mol. The number of aliphatic hydroxyl groups is 1. The lowest BCUT2D eigenvalue weighted by Crippen LogP contribution is -2.31. The van der Waals surface area contributed by atoms with Crippen molar-refractivity contribution in [2.24, 2.45) is 12.8 Å². The molecular formula is C23H22F5N5O2S. The maximum absolute atomic E-state index is 14.5. The minimum Gasteiger partial charge on any atom is -0.390 e. The number of nitrogens with one attached hydrogen (secondary N) is 2. The third kappa shape index (κ3) is 5.27. The van der Waals surface area contributed by atoms with Crippen molar-refractivity contribution in [2.45, 2.75) is 24.6 Å². The van der Waals surface area contributed by atoms with Crippen LogP contribution >= 0.6 is 11.3 Å². The van der Waals surface area contributed by atoms with Gasteiger partial charge >= 0.3 is 17.8 Å². The fourth-order valence-corrected chi connectivity index (χ4v) is 4.72. The number of aromatic amines is 1. The number of halogens is 5. The number of imidazole rings is 1. The summed E-state index contributed by atoms with van der Waals surface area (Å²) in [6, 6.07) is 8.84. The first-order valence-electron chi connectivity index (χ1n) is 10.7. The number of anilines is 1. The molecule has 36 heavy (non-hydrogen) atoms. The fourth-order valence-electron chi connectivity index (χ4n) is 3.70. The molecule has 0 saturated carbocycles. The van der Waals surface area contributed by atoms with Gasteiger partial charge in [0, 0.05) is 19.6 Å². The van der Waals surface area contributed by atoms with E-state index >= 15 is 0 Å². The molecule has 5 N–H and O–H groups in total. The van der Waals surface area contributed by atoms with E-state index in [0.717, 1.165) is 23.5 Å². The average molecular weight is 528 g/mol. The van der Waals surface area contributed by atoms with Crippen molar-refractivity contribution in [1.82, 2.24) is 14.5 Å². The number of rotatable bonds is 8. The Morgan fingerprint density at radius 3 is 2.50 bits per heavy atom. The second-order valence-corrected chi connectivity index (χ2v) is 9.32. The molecule has 0 spiro atoms. The highest BCUT2D eigenvalue weighted by molar-refractivity contribution is 7.19. The molecule has 2 heterocycles. The molecule has 0 aliphatic heterocycles. The SMILES string of the molecule is Cn1c(=O)[nH]c2ccc(-c3sc(NC[C@@H](N)Cc4ccc(C(F)(F)F)cc4)nc3C(F)(F)CO)cc21. The van der Waals surface area contributed by atoms with Crippen molar-refractivity contribution in [3.8, 4) is 10.4 Å². The van der Waals surface area contributed by atoms with Crippen molar-refractivity contribution in [1.29, 1.82) is 0 Å². The molecule has 2 aromatic carbocycles. The highest BCUT2D eigenvalue weighted by Crippen LogP contribution is 2.41. The van der Waals surface area contributed by atoms with Gasteiger partial charge in [-0.05, 0) is 41.8 Å². The first-order valence-corrected chi connectivity index (χ1v) is 11.6. The van der Waals surface area contributed by atoms with E-state index in [0.29, 0.717) is 22.2 Å². The van der Waals surface area contributed by atoms with Crippen LogP contribution in [0.3, 0.4) is 0 Å². The molecule has 0 fully saturated rings. The Balaban J connectivity index is 1.54. The summed E-state index contributed by atoms with van der Waals surface area (Å²) < 4.78 is 68.6. The lowest BCUT2D eigenvalue weighted by molar-refractivity contribution is -0.137. The molecule has 7 nitrogen and oxygen atoms in total. The van der Waals surface area contributed by atoms with E-state index in [1.165, 1.54) is 16.7 Å². The van der Waals surface area contributed by atoms with Gasteiger partial charge in [0.1, 0.15) is 12.3 Å². The first kappa shape index (κ1) is 25.8. The Labute approximate surface area is 205 Å². The van der Waals surface area contributed by atoms with Crippen LogP contribution < -0.4 is 16.7 Å². The molecule has 0 aliphatic carbocycles. The molecule has 0 aliphatic rings. The zero-order valence-electron chi connectivity index (χ0n) is 18.9. The van der Waals surface area contributed by atoms with Crippen LogP contribution in [0, 0.1) is 0 Å². The van der Waals surface area contributed by atoms with Crippen molar-refractivity contribution in [2.75, 3.05) is 18.5 Å². The number of thiazole rings is 1. The number of nitrogens with zero attached hydrogens (tertiary/aromatic N) is 2. The van der Waals surface area contributed by atoms with Gasteiger partial charge in [0.2, 0.25) is 0 Å². The van der Waals surface area contributed by atoms with Gasteiger partial charge in [-0.15, -0.1) is 0 Å². The van der Waals surface area contributed by atoms with E-state index in [2.05, 4.69) is 15.3 Å². The molecule has 0 radical (unpaired) electrons. The van der Waals surface area contributed by atoms with Gasteiger partial charge in [0.05, 0.1) is 21.5 Å². The Hall–Kier alpha value is -3.29. The number of hydrogen-bond acceptors (Lipinski definition) is 6. The summed E-state index contributed by atoms with van der Waals surface area (Å²) in [4.78, 5) is 18.6. The predicted molar refractivity (Wildman–Crippen MR) is 127 cm³/mol. The van der Waals surface area contributed by atoms with Crippen molar-refractivity contribution >= 4 is 27.5 Å². The molecular weight excluding hydrogens is 505 g/mol. The maximum Gasteiger partial charge on any atom is 0.416 e. The number of alkyl halides is 5. The number of nitrogens with two attached hydrogens (primary N) is 1. The number of aromatic nitrogens is 3. The number of aliphatic hydroxyl groups excluding tert-OH is 1. The third-order valence-electron chi connectivity index (χ3n) is 5.63. The number of aryl methyl sites for hydroxylation is 1. The zero-order valence-corrected chi connectivity index (χ0v) is 19.7. The summed E-state index contributed by atoms with van der Waals surface area (Å²) in [5, 5.41) is 12.3. The molecule has 1 atom stereocenters. The quantitative estimate of drug-likeness (QED) is 0.258. The number of fused-ring (bicyclic) bond motifs is 1. The van der Waals surface area contributed by atoms with Crippen LogP contribution in [-0.4, -0.2) is 38.8 Å². The topological polar surface area (TPSA) is 109 Å². The van der Waals surface area contributed by atoms with Gasteiger partial charge in [-0.3, -0.25) is 4.57 Å². The molecule has 4 aromatic rings. The van der Waals surface area contributed by atoms with E-state index < -0.39 is 36.0 Å². The lowest BCUT2D eigenvalue weighted by atomic mass is 10.0. The molecule has 4 rings (SSSR count). The Morgan fingerprint density at radius 1 is 1.17 bits per heavy atom.